The van der Waals surface area contributed by atoms with Crippen LogP contribution < -0.4 is 15.8 Å². The SMILES string of the molecule is CNS(=O)(=O)c1cc(N)ccc1NC1CCCCC1. The average Bonchev–Trinajstić information content (AvgIpc) is 2.42. The van der Waals surface area contributed by atoms with E-state index in [1.54, 1.807) is 12.1 Å². The maximum absolute atomic E-state index is 12.0. The summed E-state index contributed by atoms with van der Waals surface area (Å²) < 4.78 is 26.4. The van der Waals surface area contributed by atoms with Crippen molar-refractivity contribution in [2.24, 2.45) is 0 Å². The smallest absolute Gasteiger partial charge is 0.242 e. The summed E-state index contributed by atoms with van der Waals surface area (Å²) in [5, 5.41) is 3.34. The van der Waals surface area contributed by atoms with Gasteiger partial charge in [0.25, 0.3) is 0 Å². The third kappa shape index (κ3) is 3.39. The van der Waals surface area contributed by atoms with E-state index in [4.69, 9.17) is 5.73 Å². The zero-order valence-electron chi connectivity index (χ0n) is 11.1. The van der Waals surface area contributed by atoms with Crippen molar-refractivity contribution in [1.29, 1.82) is 0 Å². The summed E-state index contributed by atoms with van der Waals surface area (Å²) >= 11 is 0. The molecule has 1 aromatic rings. The third-order valence-electron chi connectivity index (χ3n) is 3.53. The van der Waals surface area contributed by atoms with Crippen LogP contribution in [0, 0.1) is 0 Å². The zero-order chi connectivity index (χ0) is 13.9. The van der Waals surface area contributed by atoms with Gasteiger partial charge in [0.15, 0.2) is 0 Å². The Balaban J connectivity index is 2.29. The number of nitrogens with one attached hydrogen (secondary N) is 2. The first-order valence-corrected chi connectivity index (χ1v) is 8.11. The molecule has 106 valence electrons. The molecule has 1 fully saturated rings. The zero-order valence-corrected chi connectivity index (χ0v) is 12.0. The van der Waals surface area contributed by atoms with Crippen molar-refractivity contribution in [3.63, 3.8) is 0 Å². The molecule has 0 spiro atoms. The van der Waals surface area contributed by atoms with E-state index >= 15 is 0 Å². The van der Waals surface area contributed by atoms with E-state index in [2.05, 4.69) is 10.0 Å². The lowest BCUT2D eigenvalue weighted by Crippen LogP contribution is -2.25. The van der Waals surface area contributed by atoms with Gasteiger partial charge < -0.3 is 11.1 Å². The second-order valence-corrected chi connectivity index (χ2v) is 6.80. The number of anilines is 2. The van der Waals surface area contributed by atoms with E-state index < -0.39 is 10.0 Å². The fraction of sp³-hybridized carbons (Fsp3) is 0.538. The minimum atomic E-state index is -3.49. The summed E-state index contributed by atoms with van der Waals surface area (Å²) in [7, 11) is -2.09. The van der Waals surface area contributed by atoms with Crippen LogP contribution in [0.1, 0.15) is 32.1 Å². The van der Waals surface area contributed by atoms with Gasteiger partial charge in [-0.1, -0.05) is 19.3 Å². The normalized spacial score (nSPS) is 17.3. The number of hydrogen-bond donors (Lipinski definition) is 3. The molecule has 1 saturated carbocycles. The van der Waals surface area contributed by atoms with Crippen LogP contribution >= 0.6 is 0 Å². The second-order valence-electron chi connectivity index (χ2n) is 4.94. The molecule has 4 N–H and O–H groups in total. The van der Waals surface area contributed by atoms with Gasteiger partial charge in [0, 0.05) is 11.7 Å². The van der Waals surface area contributed by atoms with Gasteiger partial charge >= 0.3 is 0 Å². The maximum atomic E-state index is 12.0. The van der Waals surface area contributed by atoms with E-state index in [-0.39, 0.29) is 4.90 Å². The van der Waals surface area contributed by atoms with Crippen molar-refractivity contribution >= 4 is 21.4 Å². The van der Waals surface area contributed by atoms with Crippen LogP contribution in [0.5, 0.6) is 0 Å². The Bertz CT molecular complexity index is 537. The number of nitrogens with two attached hydrogens (primary N) is 1. The molecule has 0 saturated heterocycles. The standard InChI is InChI=1S/C13H21N3O2S/c1-15-19(17,18)13-9-10(14)7-8-12(13)16-11-5-3-2-4-6-11/h7-9,11,15-16H,2-6,14H2,1H3. The lowest BCUT2D eigenvalue weighted by Gasteiger charge is -2.25. The van der Waals surface area contributed by atoms with Gasteiger partial charge in [0.05, 0.1) is 5.69 Å². The van der Waals surface area contributed by atoms with Crippen LogP contribution in [0.4, 0.5) is 11.4 Å². The van der Waals surface area contributed by atoms with E-state index in [1.165, 1.54) is 32.4 Å². The molecule has 1 aromatic carbocycles. The molecule has 0 aliphatic heterocycles. The van der Waals surface area contributed by atoms with Gasteiger partial charge in [0.2, 0.25) is 10.0 Å². The fourth-order valence-electron chi connectivity index (χ4n) is 2.46. The van der Waals surface area contributed by atoms with E-state index in [1.807, 2.05) is 0 Å². The maximum Gasteiger partial charge on any atom is 0.242 e. The highest BCUT2D eigenvalue weighted by Gasteiger charge is 2.20. The Morgan fingerprint density at radius 3 is 2.53 bits per heavy atom. The summed E-state index contributed by atoms with van der Waals surface area (Å²) in [6.45, 7) is 0. The molecular formula is C13H21N3O2S. The van der Waals surface area contributed by atoms with Crippen LogP contribution in [0.3, 0.4) is 0 Å². The van der Waals surface area contributed by atoms with E-state index in [0.717, 1.165) is 12.8 Å². The van der Waals surface area contributed by atoms with Crippen molar-refractivity contribution in [1.82, 2.24) is 4.72 Å². The van der Waals surface area contributed by atoms with Crippen molar-refractivity contribution in [3.05, 3.63) is 18.2 Å². The summed E-state index contributed by atoms with van der Waals surface area (Å²) in [6, 6.07) is 5.31. The molecule has 0 radical (unpaired) electrons. The highest BCUT2D eigenvalue weighted by Crippen LogP contribution is 2.27. The van der Waals surface area contributed by atoms with Gasteiger partial charge in [-0.25, -0.2) is 13.1 Å². The van der Waals surface area contributed by atoms with Gasteiger partial charge in [-0.2, -0.15) is 0 Å². The molecule has 0 unspecified atom stereocenters. The first-order chi connectivity index (χ1) is 9.03. The van der Waals surface area contributed by atoms with Gasteiger partial charge in [-0.15, -0.1) is 0 Å². The number of sulfonamides is 1. The molecule has 0 aromatic heterocycles. The monoisotopic (exact) mass is 283 g/mol. The highest BCUT2D eigenvalue weighted by atomic mass is 32.2. The quantitative estimate of drug-likeness (QED) is 0.737. The van der Waals surface area contributed by atoms with Gasteiger partial charge in [0.1, 0.15) is 4.90 Å². The molecule has 0 bridgehead atoms. The van der Waals surface area contributed by atoms with Crippen LogP contribution in [-0.2, 0) is 10.0 Å². The minimum Gasteiger partial charge on any atom is -0.399 e. The lowest BCUT2D eigenvalue weighted by atomic mass is 9.95. The van der Waals surface area contributed by atoms with E-state index in [9.17, 15) is 8.42 Å². The van der Waals surface area contributed by atoms with Crippen LogP contribution in [0.2, 0.25) is 0 Å². The number of benzene rings is 1. The second kappa shape index (κ2) is 5.79. The number of nitrogen functional groups attached to an aromatic ring is 1. The predicted molar refractivity (Wildman–Crippen MR) is 77.6 cm³/mol. The minimum absolute atomic E-state index is 0.223. The lowest BCUT2D eigenvalue weighted by molar-refractivity contribution is 0.462. The Kier molecular flexibility index (Phi) is 4.31. The Morgan fingerprint density at radius 2 is 1.89 bits per heavy atom. The van der Waals surface area contributed by atoms with Crippen molar-refractivity contribution in [2.75, 3.05) is 18.1 Å². The van der Waals surface area contributed by atoms with E-state index in [0.29, 0.717) is 17.4 Å². The first kappa shape index (κ1) is 14.1. The summed E-state index contributed by atoms with van der Waals surface area (Å²) in [5.41, 5.74) is 6.77. The Labute approximate surface area is 114 Å². The topological polar surface area (TPSA) is 84.2 Å². The highest BCUT2D eigenvalue weighted by molar-refractivity contribution is 7.89. The fourth-order valence-corrected chi connectivity index (χ4v) is 3.38. The van der Waals surface area contributed by atoms with Crippen LogP contribution in [0.15, 0.2) is 23.1 Å². The molecule has 6 heteroatoms. The Hall–Kier alpha value is -1.27. The predicted octanol–water partition coefficient (Wildman–Crippen LogP) is 1.92. The summed E-state index contributed by atoms with van der Waals surface area (Å²) in [6.07, 6.45) is 5.83. The first-order valence-electron chi connectivity index (χ1n) is 6.62. The molecule has 0 heterocycles. The average molecular weight is 283 g/mol. The number of rotatable bonds is 4. The summed E-state index contributed by atoms with van der Waals surface area (Å²) in [5.74, 6) is 0. The van der Waals surface area contributed by atoms with Gasteiger partial charge in [-0.05, 0) is 38.1 Å². The largest absolute Gasteiger partial charge is 0.399 e. The molecule has 0 atom stereocenters. The van der Waals surface area contributed by atoms with Gasteiger partial charge in [-0.3, -0.25) is 0 Å². The van der Waals surface area contributed by atoms with Crippen molar-refractivity contribution < 1.29 is 8.42 Å². The molecule has 1 aliphatic carbocycles. The molecule has 0 amide bonds. The van der Waals surface area contributed by atoms with Crippen molar-refractivity contribution in [2.45, 2.75) is 43.0 Å². The molecule has 19 heavy (non-hydrogen) atoms. The number of hydrogen-bond acceptors (Lipinski definition) is 4. The molecule has 2 rings (SSSR count). The summed E-state index contributed by atoms with van der Waals surface area (Å²) in [4.78, 5) is 0.223. The van der Waals surface area contributed by atoms with Crippen LogP contribution in [-0.4, -0.2) is 21.5 Å². The Morgan fingerprint density at radius 1 is 1.21 bits per heavy atom. The molecule has 1 aliphatic rings. The van der Waals surface area contributed by atoms with Crippen molar-refractivity contribution in [3.8, 4) is 0 Å². The molecule has 5 nitrogen and oxygen atoms in total. The third-order valence-corrected chi connectivity index (χ3v) is 4.98. The molecular weight excluding hydrogens is 262 g/mol. The van der Waals surface area contributed by atoms with Crippen LogP contribution in [0.25, 0.3) is 0 Å².